The first-order chi connectivity index (χ1) is 14.4. The smallest absolute Gasteiger partial charge is 0.259 e. The summed E-state index contributed by atoms with van der Waals surface area (Å²) in [5.41, 5.74) is 10.9. The molecule has 30 heavy (non-hydrogen) atoms. The van der Waals surface area contributed by atoms with Gasteiger partial charge in [-0.1, -0.05) is 23.7 Å². The Morgan fingerprint density at radius 3 is 2.40 bits per heavy atom. The highest BCUT2D eigenvalue weighted by atomic mass is 35.5. The third-order valence-corrected chi connectivity index (χ3v) is 5.45. The molecule has 2 aromatic carbocycles. The number of nitrogens with two attached hydrogens (primary N) is 1. The fourth-order valence-electron chi connectivity index (χ4n) is 3.45. The first kappa shape index (κ1) is 19.7. The molecule has 150 valence electrons. The average molecular weight is 418 g/mol. The predicted molar refractivity (Wildman–Crippen MR) is 121 cm³/mol. The minimum Gasteiger partial charge on any atom is -0.396 e. The van der Waals surface area contributed by atoms with E-state index in [9.17, 15) is 9.59 Å². The van der Waals surface area contributed by atoms with E-state index in [0.717, 1.165) is 11.1 Å². The van der Waals surface area contributed by atoms with Gasteiger partial charge < -0.3 is 15.5 Å². The lowest BCUT2D eigenvalue weighted by Gasteiger charge is -2.08. The van der Waals surface area contributed by atoms with Gasteiger partial charge in [0.2, 0.25) is 5.78 Å². The monoisotopic (exact) mass is 417 g/mol. The van der Waals surface area contributed by atoms with Crippen LogP contribution >= 0.6 is 11.6 Å². The molecule has 2 heterocycles. The summed E-state index contributed by atoms with van der Waals surface area (Å²) in [5, 5.41) is 3.43. The molecule has 0 saturated heterocycles. The molecule has 3 N–H and O–H groups in total. The van der Waals surface area contributed by atoms with Crippen molar-refractivity contribution in [3.05, 3.63) is 99.8 Å². The lowest BCUT2D eigenvalue weighted by molar-refractivity contribution is 0.102. The van der Waals surface area contributed by atoms with E-state index in [2.05, 4.69) is 5.32 Å². The number of halogens is 1. The number of amides is 1. The van der Waals surface area contributed by atoms with Crippen LogP contribution in [0.5, 0.6) is 0 Å². The minimum atomic E-state index is -0.366. The molecule has 5 nitrogen and oxygen atoms in total. The maximum Gasteiger partial charge on any atom is 0.259 e. The van der Waals surface area contributed by atoms with Gasteiger partial charge in [0, 0.05) is 22.5 Å². The second-order valence-electron chi connectivity index (χ2n) is 7.18. The second-order valence-corrected chi connectivity index (χ2v) is 7.62. The van der Waals surface area contributed by atoms with Crippen molar-refractivity contribution < 1.29 is 9.59 Å². The van der Waals surface area contributed by atoms with Crippen LogP contribution in [-0.4, -0.2) is 16.1 Å². The largest absolute Gasteiger partial charge is 0.396 e. The van der Waals surface area contributed by atoms with Gasteiger partial charge in [-0.05, 0) is 73.5 Å². The molecule has 0 bridgehead atoms. The van der Waals surface area contributed by atoms with Crippen LogP contribution in [0.3, 0.4) is 0 Å². The Kier molecular flexibility index (Phi) is 5.06. The molecule has 6 heteroatoms. The number of carbonyl (C=O) groups excluding carboxylic acids is 2. The number of nitrogen functional groups attached to an aromatic ring is 1. The quantitative estimate of drug-likeness (QED) is 0.444. The van der Waals surface area contributed by atoms with Crippen LogP contribution < -0.4 is 11.1 Å². The van der Waals surface area contributed by atoms with E-state index in [1.807, 2.05) is 32.0 Å². The van der Waals surface area contributed by atoms with Crippen LogP contribution in [0.1, 0.15) is 37.5 Å². The van der Waals surface area contributed by atoms with Gasteiger partial charge in [-0.15, -0.1) is 0 Å². The van der Waals surface area contributed by atoms with Crippen LogP contribution in [0.4, 0.5) is 11.4 Å². The van der Waals surface area contributed by atoms with Crippen LogP contribution in [0, 0.1) is 13.8 Å². The molecular formula is C24H20ClN3O2. The highest BCUT2D eigenvalue weighted by Crippen LogP contribution is 2.29. The average Bonchev–Trinajstić information content (AvgIpc) is 3.02. The Hall–Kier alpha value is -3.57. The topological polar surface area (TPSA) is 76.6 Å². The molecule has 1 amide bonds. The second kappa shape index (κ2) is 7.69. The number of pyridine rings is 1. The van der Waals surface area contributed by atoms with Crippen LogP contribution in [0.15, 0.2) is 66.9 Å². The van der Waals surface area contributed by atoms with Gasteiger partial charge in [-0.2, -0.15) is 0 Å². The summed E-state index contributed by atoms with van der Waals surface area (Å²) in [5.74, 6) is -0.648. The molecule has 0 atom stereocenters. The lowest BCUT2D eigenvalue weighted by Crippen LogP contribution is -2.14. The first-order valence-corrected chi connectivity index (χ1v) is 9.82. The number of ketones is 1. The predicted octanol–water partition coefficient (Wildman–Crippen LogP) is 5.28. The lowest BCUT2D eigenvalue weighted by atomic mass is 10.1. The number of anilines is 2. The van der Waals surface area contributed by atoms with Gasteiger partial charge >= 0.3 is 0 Å². The van der Waals surface area contributed by atoms with Crippen molar-refractivity contribution in [1.29, 1.82) is 0 Å². The molecule has 0 aliphatic rings. The van der Waals surface area contributed by atoms with Gasteiger partial charge in [-0.25, -0.2) is 0 Å². The number of aryl methyl sites for hydroxylation is 2. The van der Waals surface area contributed by atoms with Crippen molar-refractivity contribution >= 4 is 40.2 Å². The summed E-state index contributed by atoms with van der Waals surface area (Å²) in [6, 6.07) is 17.6. The zero-order chi connectivity index (χ0) is 21.4. The summed E-state index contributed by atoms with van der Waals surface area (Å²) in [6.07, 6.45) is 1.72. The van der Waals surface area contributed by atoms with Gasteiger partial charge in [0.25, 0.3) is 5.91 Å². The molecule has 0 spiro atoms. The third kappa shape index (κ3) is 3.44. The highest BCUT2D eigenvalue weighted by molar-refractivity contribution is 6.30. The van der Waals surface area contributed by atoms with Gasteiger partial charge in [0.15, 0.2) is 0 Å². The fourth-order valence-corrected chi connectivity index (χ4v) is 3.58. The van der Waals surface area contributed by atoms with E-state index in [1.165, 1.54) is 0 Å². The minimum absolute atomic E-state index is 0.141. The number of nitrogens with one attached hydrogen (secondary N) is 1. The number of rotatable bonds is 4. The Morgan fingerprint density at radius 2 is 1.70 bits per heavy atom. The maximum atomic E-state index is 13.2. The molecule has 4 aromatic rings. The van der Waals surface area contributed by atoms with Gasteiger partial charge in [-0.3, -0.25) is 9.59 Å². The van der Waals surface area contributed by atoms with Gasteiger partial charge in [0.05, 0.1) is 16.8 Å². The Bertz CT molecular complexity index is 1290. The summed E-state index contributed by atoms with van der Waals surface area (Å²) < 4.78 is 1.65. The molecular weight excluding hydrogens is 398 g/mol. The van der Waals surface area contributed by atoms with Crippen molar-refractivity contribution in [2.24, 2.45) is 0 Å². The summed E-state index contributed by atoms with van der Waals surface area (Å²) in [6.45, 7) is 3.99. The SMILES string of the molecule is Cc1ccc(NC(=O)c2c(N)c(C(=O)c3ccc(Cl)cc3)n3ccccc23)cc1C. The number of carbonyl (C=O) groups is 2. The van der Waals surface area contributed by atoms with E-state index in [4.69, 9.17) is 17.3 Å². The zero-order valence-corrected chi connectivity index (χ0v) is 17.3. The highest BCUT2D eigenvalue weighted by Gasteiger charge is 2.26. The summed E-state index contributed by atoms with van der Waals surface area (Å²) in [7, 11) is 0. The number of fused-ring (bicyclic) bond motifs is 1. The molecule has 0 unspecified atom stereocenters. The normalized spacial score (nSPS) is 10.9. The number of nitrogens with zero attached hydrogens (tertiary/aromatic N) is 1. The number of hydrogen-bond acceptors (Lipinski definition) is 3. The third-order valence-electron chi connectivity index (χ3n) is 5.19. The molecule has 0 radical (unpaired) electrons. The van der Waals surface area contributed by atoms with Crippen molar-refractivity contribution in [2.75, 3.05) is 11.1 Å². The first-order valence-electron chi connectivity index (χ1n) is 9.44. The summed E-state index contributed by atoms with van der Waals surface area (Å²) in [4.78, 5) is 26.3. The van der Waals surface area contributed by atoms with Crippen molar-refractivity contribution in [3.8, 4) is 0 Å². The Labute approximate surface area is 179 Å². The van der Waals surface area contributed by atoms with Crippen molar-refractivity contribution in [3.63, 3.8) is 0 Å². The molecule has 0 saturated carbocycles. The number of aromatic nitrogens is 1. The summed E-state index contributed by atoms with van der Waals surface area (Å²) >= 11 is 5.94. The molecule has 4 rings (SSSR count). The fraction of sp³-hybridized carbons (Fsp3) is 0.0833. The van der Waals surface area contributed by atoms with E-state index < -0.39 is 0 Å². The van der Waals surface area contributed by atoms with Crippen LogP contribution in [-0.2, 0) is 0 Å². The van der Waals surface area contributed by atoms with E-state index >= 15 is 0 Å². The van der Waals surface area contributed by atoms with Gasteiger partial charge in [0.1, 0.15) is 5.69 Å². The Morgan fingerprint density at radius 1 is 0.967 bits per heavy atom. The molecule has 0 aliphatic carbocycles. The molecule has 0 aliphatic heterocycles. The zero-order valence-electron chi connectivity index (χ0n) is 16.6. The maximum absolute atomic E-state index is 13.2. The Balaban J connectivity index is 1.80. The van der Waals surface area contributed by atoms with Crippen LogP contribution in [0.25, 0.3) is 5.52 Å². The van der Waals surface area contributed by atoms with E-state index in [-0.39, 0.29) is 28.6 Å². The van der Waals surface area contributed by atoms with E-state index in [1.54, 1.807) is 53.1 Å². The van der Waals surface area contributed by atoms with Crippen LogP contribution in [0.2, 0.25) is 5.02 Å². The van der Waals surface area contributed by atoms with E-state index in [0.29, 0.717) is 21.8 Å². The van der Waals surface area contributed by atoms with Crippen molar-refractivity contribution in [1.82, 2.24) is 4.40 Å². The molecule has 2 aromatic heterocycles. The number of benzene rings is 2. The number of hydrogen-bond donors (Lipinski definition) is 2. The standard InChI is InChI=1S/C24H20ClN3O2/c1-14-6-11-18(13-15(14)2)27-24(30)20-19-5-3-4-12-28(19)22(21(20)26)23(29)16-7-9-17(25)10-8-16/h3-13H,26H2,1-2H3,(H,27,30). The van der Waals surface area contributed by atoms with Crippen molar-refractivity contribution in [2.45, 2.75) is 13.8 Å². The molecule has 0 fully saturated rings.